The van der Waals surface area contributed by atoms with Gasteiger partial charge in [0, 0.05) is 0 Å². The summed E-state index contributed by atoms with van der Waals surface area (Å²) in [6.07, 6.45) is 8.02. The van der Waals surface area contributed by atoms with E-state index in [1.807, 2.05) is 11.8 Å². The van der Waals surface area contributed by atoms with Crippen LogP contribution in [0.3, 0.4) is 0 Å². The molecule has 124 valence electrons. The molecule has 0 aromatic rings. The minimum Gasteiger partial charge on any atom is -0.450 e. The zero-order chi connectivity index (χ0) is 15.6. The molecule has 4 heteroatoms. The minimum atomic E-state index is -0.133. The summed E-state index contributed by atoms with van der Waals surface area (Å²) in [6, 6.07) is 0. The number of amides is 1. The van der Waals surface area contributed by atoms with Gasteiger partial charge in [0.15, 0.2) is 0 Å². The number of unbranched alkanes of at least 4 members (excludes halogenated alkanes) is 5. The average Bonchev–Trinajstić information content (AvgIpc) is 2.51. The van der Waals surface area contributed by atoms with Gasteiger partial charge in [0.2, 0.25) is 0 Å². The highest BCUT2D eigenvalue weighted by Gasteiger charge is 2.33. The van der Waals surface area contributed by atoms with Crippen molar-refractivity contribution in [2.24, 2.45) is 0 Å². The summed E-state index contributed by atoms with van der Waals surface area (Å²) in [4.78, 5) is 13.6. The molecule has 0 saturated carbocycles. The molecule has 1 aliphatic heterocycles. The Morgan fingerprint density at radius 1 is 1.00 bits per heavy atom. The van der Waals surface area contributed by atoms with Crippen LogP contribution in [0.15, 0.2) is 0 Å². The van der Waals surface area contributed by atoms with Gasteiger partial charge in [-0.15, -0.1) is 0 Å². The maximum absolute atomic E-state index is 11.8. The molecule has 21 heavy (non-hydrogen) atoms. The van der Waals surface area contributed by atoms with Crippen LogP contribution in [0.5, 0.6) is 0 Å². The third-order valence-corrected chi connectivity index (χ3v) is 4.87. The predicted molar refractivity (Wildman–Crippen MR) is 87.4 cm³/mol. The summed E-state index contributed by atoms with van der Waals surface area (Å²) in [7, 11) is 0. The lowest BCUT2D eigenvalue weighted by Gasteiger charge is -2.44. The van der Waals surface area contributed by atoms with Crippen LogP contribution in [0.4, 0.5) is 4.79 Å². The molecule has 1 saturated heterocycles. The molecule has 0 aliphatic carbocycles. The molecule has 0 aromatic carbocycles. The van der Waals surface area contributed by atoms with Crippen molar-refractivity contribution in [3.05, 3.63) is 0 Å². The Labute approximate surface area is 131 Å². The topological polar surface area (TPSA) is 29.5 Å². The standard InChI is InChI=1S/C17H35N2O2/c1-4-7-8-9-10-11-14-19(5-2)15-12-18(13-16-19)17(20)21-6-3/h4-16H2,1-3H3/q+1. The van der Waals surface area contributed by atoms with E-state index in [4.69, 9.17) is 4.74 Å². The second kappa shape index (κ2) is 10.0. The number of likely N-dealkylation sites (N-methyl/N-ethyl adjacent to an activating group) is 1. The number of carbonyl (C=O) groups excluding carboxylic acids is 1. The molecule has 1 fully saturated rings. The normalized spacial score (nSPS) is 17.8. The van der Waals surface area contributed by atoms with Gasteiger partial charge in [-0.3, -0.25) is 4.90 Å². The smallest absolute Gasteiger partial charge is 0.410 e. The van der Waals surface area contributed by atoms with Crippen LogP contribution in [0, 0.1) is 0 Å². The van der Waals surface area contributed by atoms with Gasteiger partial charge in [-0.25, -0.2) is 4.79 Å². The Balaban J connectivity index is 2.27. The Bertz CT molecular complexity index is 287. The van der Waals surface area contributed by atoms with Crippen molar-refractivity contribution >= 4 is 6.09 Å². The molecule has 0 radical (unpaired) electrons. The van der Waals surface area contributed by atoms with Crippen molar-refractivity contribution in [2.45, 2.75) is 59.3 Å². The van der Waals surface area contributed by atoms with Crippen molar-refractivity contribution < 1.29 is 14.0 Å². The second-order valence-electron chi connectivity index (χ2n) is 6.28. The lowest BCUT2D eigenvalue weighted by atomic mass is 10.1. The van der Waals surface area contributed by atoms with E-state index < -0.39 is 0 Å². The van der Waals surface area contributed by atoms with Crippen LogP contribution in [0.2, 0.25) is 0 Å². The molecular weight excluding hydrogens is 264 g/mol. The van der Waals surface area contributed by atoms with Crippen LogP contribution >= 0.6 is 0 Å². The molecule has 0 spiro atoms. The highest BCUT2D eigenvalue weighted by Crippen LogP contribution is 2.16. The minimum absolute atomic E-state index is 0.133. The first kappa shape index (κ1) is 18.3. The van der Waals surface area contributed by atoms with Crippen LogP contribution < -0.4 is 0 Å². The lowest BCUT2D eigenvalue weighted by Crippen LogP contribution is -2.60. The maximum Gasteiger partial charge on any atom is 0.410 e. The van der Waals surface area contributed by atoms with Gasteiger partial charge in [0.25, 0.3) is 0 Å². The largest absolute Gasteiger partial charge is 0.450 e. The Hall–Kier alpha value is -0.770. The summed E-state index contributed by atoms with van der Waals surface area (Å²) in [6.45, 7) is 13.2. The van der Waals surface area contributed by atoms with Crippen molar-refractivity contribution in [3.63, 3.8) is 0 Å². The first-order valence-electron chi connectivity index (χ1n) is 8.94. The van der Waals surface area contributed by atoms with Gasteiger partial charge >= 0.3 is 6.09 Å². The van der Waals surface area contributed by atoms with Crippen LogP contribution in [-0.2, 0) is 4.74 Å². The summed E-state index contributed by atoms with van der Waals surface area (Å²) < 4.78 is 6.28. The quantitative estimate of drug-likeness (QED) is 0.480. The molecule has 1 rings (SSSR count). The van der Waals surface area contributed by atoms with E-state index in [0.29, 0.717) is 6.61 Å². The highest BCUT2D eigenvalue weighted by molar-refractivity contribution is 5.67. The van der Waals surface area contributed by atoms with E-state index in [-0.39, 0.29) is 6.09 Å². The molecule has 0 atom stereocenters. The number of quaternary nitrogens is 1. The Morgan fingerprint density at radius 2 is 1.62 bits per heavy atom. The van der Waals surface area contributed by atoms with E-state index in [2.05, 4.69) is 13.8 Å². The van der Waals surface area contributed by atoms with Gasteiger partial charge in [0.05, 0.1) is 45.9 Å². The molecule has 0 unspecified atom stereocenters. The SMILES string of the molecule is CCCCCCCC[N+]1(CC)CCN(C(=O)OCC)CC1. The number of carbonyl (C=O) groups is 1. The van der Waals surface area contributed by atoms with Crippen molar-refractivity contribution in [3.8, 4) is 0 Å². The van der Waals surface area contributed by atoms with Crippen LogP contribution in [0.1, 0.15) is 59.3 Å². The van der Waals surface area contributed by atoms with E-state index in [1.165, 1.54) is 56.1 Å². The third-order valence-electron chi connectivity index (χ3n) is 4.87. The molecule has 1 amide bonds. The molecule has 0 bridgehead atoms. The van der Waals surface area contributed by atoms with E-state index >= 15 is 0 Å². The summed E-state index contributed by atoms with van der Waals surface area (Å²) in [5, 5.41) is 0. The molecule has 0 N–H and O–H groups in total. The van der Waals surface area contributed by atoms with E-state index in [9.17, 15) is 4.79 Å². The zero-order valence-electron chi connectivity index (χ0n) is 14.4. The fraction of sp³-hybridized carbons (Fsp3) is 0.941. The van der Waals surface area contributed by atoms with Crippen LogP contribution in [0.25, 0.3) is 0 Å². The second-order valence-corrected chi connectivity index (χ2v) is 6.28. The van der Waals surface area contributed by atoms with E-state index in [1.54, 1.807) is 0 Å². The number of hydrogen-bond acceptors (Lipinski definition) is 2. The van der Waals surface area contributed by atoms with Gasteiger partial charge in [-0.1, -0.05) is 32.6 Å². The first-order valence-corrected chi connectivity index (χ1v) is 8.94. The number of ether oxygens (including phenoxy) is 1. The Kier molecular flexibility index (Phi) is 8.74. The number of piperazine rings is 1. The molecule has 1 heterocycles. The van der Waals surface area contributed by atoms with Crippen LogP contribution in [-0.4, -0.2) is 61.4 Å². The average molecular weight is 299 g/mol. The number of hydrogen-bond donors (Lipinski definition) is 0. The molecule has 1 aliphatic rings. The molecule has 0 aromatic heterocycles. The fourth-order valence-electron chi connectivity index (χ4n) is 3.21. The molecular formula is C17H35N2O2+. The van der Waals surface area contributed by atoms with Gasteiger partial charge in [-0.2, -0.15) is 0 Å². The monoisotopic (exact) mass is 299 g/mol. The van der Waals surface area contributed by atoms with Gasteiger partial charge < -0.3 is 9.22 Å². The Morgan fingerprint density at radius 3 is 2.19 bits per heavy atom. The summed E-state index contributed by atoms with van der Waals surface area (Å²) in [5.41, 5.74) is 0. The summed E-state index contributed by atoms with van der Waals surface area (Å²) in [5.74, 6) is 0. The number of rotatable bonds is 9. The predicted octanol–water partition coefficient (Wildman–Crippen LogP) is 3.66. The van der Waals surface area contributed by atoms with Crippen molar-refractivity contribution in [1.82, 2.24) is 4.90 Å². The van der Waals surface area contributed by atoms with E-state index in [0.717, 1.165) is 26.2 Å². The van der Waals surface area contributed by atoms with Gasteiger partial charge in [0.1, 0.15) is 0 Å². The van der Waals surface area contributed by atoms with Crippen molar-refractivity contribution in [1.29, 1.82) is 0 Å². The lowest BCUT2D eigenvalue weighted by molar-refractivity contribution is -0.930. The fourth-order valence-corrected chi connectivity index (χ4v) is 3.21. The van der Waals surface area contributed by atoms with Gasteiger partial charge in [-0.05, 0) is 26.7 Å². The van der Waals surface area contributed by atoms with Crippen molar-refractivity contribution in [2.75, 3.05) is 45.9 Å². The first-order chi connectivity index (χ1) is 10.2. The zero-order valence-corrected chi connectivity index (χ0v) is 14.4. The third kappa shape index (κ3) is 6.25. The summed E-state index contributed by atoms with van der Waals surface area (Å²) >= 11 is 0. The highest BCUT2D eigenvalue weighted by atomic mass is 16.6. The number of nitrogens with zero attached hydrogens (tertiary/aromatic N) is 2. The molecule has 4 nitrogen and oxygen atoms in total. The maximum atomic E-state index is 11.8.